The number of benzene rings is 1. The number of nitrogens with zero attached hydrogens (tertiary/aromatic N) is 4. The van der Waals surface area contributed by atoms with Crippen LogP contribution in [0.1, 0.15) is 23.0 Å². The molecule has 142 valence electrons. The molecule has 0 atom stereocenters. The zero-order valence-electron chi connectivity index (χ0n) is 15.5. The molecule has 2 heterocycles. The fourth-order valence-electron chi connectivity index (χ4n) is 2.87. The average molecular weight is 369 g/mol. The summed E-state index contributed by atoms with van der Waals surface area (Å²) in [6, 6.07) is 7.49. The SMILES string of the molecule is COc1ccc(CNC(=O)c2cnc(N3CCN(C(C)=O)CC3)cn2)cc1. The fraction of sp³-hybridized carbons (Fsp3) is 0.368. The van der Waals surface area contributed by atoms with Crippen molar-refractivity contribution >= 4 is 17.6 Å². The van der Waals surface area contributed by atoms with E-state index in [1.165, 1.54) is 6.20 Å². The summed E-state index contributed by atoms with van der Waals surface area (Å²) in [6.45, 7) is 4.73. The Morgan fingerprint density at radius 3 is 2.33 bits per heavy atom. The summed E-state index contributed by atoms with van der Waals surface area (Å²) in [6.07, 6.45) is 3.09. The Labute approximate surface area is 158 Å². The molecule has 0 saturated carbocycles. The monoisotopic (exact) mass is 369 g/mol. The second kappa shape index (κ2) is 8.48. The zero-order valence-corrected chi connectivity index (χ0v) is 15.5. The Kier molecular flexibility index (Phi) is 5.85. The molecule has 1 N–H and O–H groups in total. The van der Waals surface area contributed by atoms with Crippen molar-refractivity contribution in [2.75, 3.05) is 38.2 Å². The van der Waals surface area contributed by atoms with E-state index in [4.69, 9.17) is 4.74 Å². The number of rotatable bonds is 5. The van der Waals surface area contributed by atoms with Crippen LogP contribution in [0.3, 0.4) is 0 Å². The minimum Gasteiger partial charge on any atom is -0.497 e. The number of hydrogen-bond acceptors (Lipinski definition) is 6. The van der Waals surface area contributed by atoms with Gasteiger partial charge in [-0.1, -0.05) is 12.1 Å². The van der Waals surface area contributed by atoms with E-state index in [0.717, 1.165) is 11.3 Å². The van der Waals surface area contributed by atoms with Crippen molar-refractivity contribution in [3.05, 3.63) is 47.9 Å². The maximum absolute atomic E-state index is 12.3. The number of methoxy groups -OCH3 is 1. The quantitative estimate of drug-likeness (QED) is 0.849. The summed E-state index contributed by atoms with van der Waals surface area (Å²) in [7, 11) is 1.61. The molecule has 1 aromatic heterocycles. The van der Waals surface area contributed by atoms with Crippen LogP contribution in [0.15, 0.2) is 36.7 Å². The van der Waals surface area contributed by atoms with E-state index < -0.39 is 0 Å². The molecule has 2 amide bonds. The lowest BCUT2D eigenvalue weighted by molar-refractivity contribution is -0.129. The van der Waals surface area contributed by atoms with E-state index in [1.54, 1.807) is 20.2 Å². The van der Waals surface area contributed by atoms with Crippen LogP contribution in [0.25, 0.3) is 0 Å². The molecule has 1 aliphatic rings. The number of piperazine rings is 1. The van der Waals surface area contributed by atoms with Gasteiger partial charge < -0.3 is 19.9 Å². The number of carbonyl (C=O) groups is 2. The topological polar surface area (TPSA) is 87.7 Å². The van der Waals surface area contributed by atoms with E-state index in [0.29, 0.717) is 38.5 Å². The third-order valence-corrected chi connectivity index (χ3v) is 4.53. The van der Waals surface area contributed by atoms with Crippen molar-refractivity contribution in [1.29, 1.82) is 0 Å². The standard InChI is InChI=1S/C19H23N5O3/c1-14(25)23-7-9-24(10-8-23)18-13-20-17(12-21-18)19(26)22-11-15-3-5-16(27-2)6-4-15/h3-6,12-13H,7-11H2,1-2H3,(H,22,26). The molecule has 1 aliphatic heterocycles. The minimum atomic E-state index is -0.272. The van der Waals surface area contributed by atoms with Gasteiger partial charge >= 0.3 is 0 Å². The van der Waals surface area contributed by atoms with E-state index >= 15 is 0 Å². The van der Waals surface area contributed by atoms with Gasteiger partial charge in [-0.2, -0.15) is 0 Å². The molecular formula is C19H23N5O3. The van der Waals surface area contributed by atoms with Crippen molar-refractivity contribution in [3.63, 3.8) is 0 Å². The van der Waals surface area contributed by atoms with Crippen molar-refractivity contribution in [2.24, 2.45) is 0 Å². The molecule has 1 aromatic carbocycles. The van der Waals surface area contributed by atoms with Gasteiger partial charge in [0.15, 0.2) is 0 Å². The van der Waals surface area contributed by atoms with Crippen LogP contribution in [-0.4, -0.2) is 60.0 Å². The number of anilines is 1. The molecule has 27 heavy (non-hydrogen) atoms. The minimum absolute atomic E-state index is 0.0876. The Morgan fingerprint density at radius 2 is 1.78 bits per heavy atom. The molecule has 0 radical (unpaired) electrons. The van der Waals surface area contributed by atoms with E-state index in [-0.39, 0.29) is 17.5 Å². The Hall–Kier alpha value is -3.16. The summed E-state index contributed by atoms with van der Waals surface area (Å²) in [5, 5.41) is 2.83. The Balaban J connectivity index is 1.53. The average Bonchev–Trinajstić information content (AvgIpc) is 2.72. The van der Waals surface area contributed by atoms with Gasteiger partial charge in [0, 0.05) is 39.6 Å². The number of hydrogen-bond donors (Lipinski definition) is 1. The molecule has 3 rings (SSSR count). The van der Waals surface area contributed by atoms with Gasteiger partial charge in [-0.15, -0.1) is 0 Å². The maximum atomic E-state index is 12.3. The summed E-state index contributed by atoms with van der Waals surface area (Å²) >= 11 is 0. The van der Waals surface area contributed by atoms with Crippen molar-refractivity contribution in [3.8, 4) is 5.75 Å². The van der Waals surface area contributed by atoms with Crippen LogP contribution in [-0.2, 0) is 11.3 Å². The van der Waals surface area contributed by atoms with Crippen LogP contribution >= 0.6 is 0 Å². The van der Waals surface area contributed by atoms with Gasteiger partial charge in [0.25, 0.3) is 5.91 Å². The van der Waals surface area contributed by atoms with E-state index in [2.05, 4.69) is 20.2 Å². The molecule has 1 saturated heterocycles. The second-order valence-corrected chi connectivity index (χ2v) is 6.28. The van der Waals surface area contributed by atoms with Crippen LogP contribution in [0, 0.1) is 0 Å². The van der Waals surface area contributed by atoms with Gasteiger partial charge in [0.2, 0.25) is 5.91 Å². The van der Waals surface area contributed by atoms with Crippen molar-refractivity contribution in [2.45, 2.75) is 13.5 Å². The molecule has 0 unspecified atom stereocenters. The molecule has 0 spiro atoms. The first-order valence-corrected chi connectivity index (χ1v) is 8.80. The summed E-state index contributed by atoms with van der Waals surface area (Å²) in [4.78, 5) is 36.1. The molecule has 8 heteroatoms. The number of nitrogens with one attached hydrogen (secondary N) is 1. The Morgan fingerprint density at radius 1 is 1.07 bits per heavy atom. The highest BCUT2D eigenvalue weighted by Crippen LogP contribution is 2.13. The van der Waals surface area contributed by atoms with E-state index in [1.807, 2.05) is 29.2 Å². The van der Waals surface area contributed by atoms with Crippen molar-refractivity contribution in [1.82, 2.24) is 20.2 Å². The zero-order chi connectivity index (χ0) is 19.2. The lowest BCUT2D eigenvalue weighted by Gasteiger charge is -2.34. The lowest BCUT2D eigenvalue weighted by Crippen LogP contribution is -2.48. The van der Waals surface area contributed by atoms with E-state index in [9.17, 15) is 9.59 Å². The normalized spacial score (nSPS) is 14.0. The first-order chi connectivity index (χ1) is 13.1. The first-order valence-electron chi connectivity index (χ1n) is 8.80. The lowest BCUT2D eigenvalue weighted by atomic mass is 10.2. The number of ether oxygens (including phenoxy) is 1. The highest BCUT2D eigenvalue weighted by molar-refractivity contribution is 5.92. The Bertz CT molecular complexity index is 784. The third-order valence-electron chi connectivity index (χ3n) is 4.53. The van der Waals surface area contributed by atoms with Gasteiger partial charge in [-0.05, 0) is 17.7 Å². The number of amides is 2. The van der Waals surface area contributed by atoms with Crippen LogP contribution in [0.5, 0.6) is 5.75 Å². The summed E-state index contributed by atoms with van der Waals surface area (Å²) in [5.41, 5.74) is 1.24. The summed E-state index contributed by atoms with van der Waals surface area (Å²) < 4.78 is 5.11. The second-order valence-electron chi connectivity index (χ2n) is 6.28. The fourth-order valence-corrected chi connectivity index (χ4v) is 2.87. The third kappa shape index (κ3) is 4.72. The smallest absolute Gasteiger partial charge is 0.271 e. The van der Waals surface area contributed by atoms with Crippen LogP contribution in [0.4, 0.5) is 5.82 Å². The highest BCUT2D eigenvalue weighted by atomic mass is 16.5. The predicted molar refractivity (Wildman–Crippen MR) is 101 cm³/mol. The van der Waals surface area contributed by atoms with Crippen LogP contribution in [0.2, 0.25) is 0 Å². The molecule has 2 aromatic rings. The molecular weight excluding hydrogens is 346 g/mol. The molecule has 1 fully saturated rings. The molecule has 0 bridgehead atoms. The maximum Gasteiger partial charge on any atom is 0.271 e. The number of aromatic nitrogens is 2. The van der Waals surface area contributed by atoms with Crippen molar-refractivity contribution < 1.29 is 14.3 Å². The van der Waals surface area contributed by atoms with Gasteiger partial charge in [0.1, 0.15) is 17.3 Å². The van der Waals surface area contributed by atoms with Crippen LogP contribution < -0.4 is 15.0 Å². The predicted octanol–water partition coefficient (Wildman–Crippen LogP) is 1.08. The molecule has 8 nitrogen and oxygen atoms in total. The first kappa shape index (κ1) is 18.6. The molecule has 0 aliphatic carbocycles. The summed E-state index contributed by atoms with van der Waals surface area (Å²) in [5.74, 6) is 1.30. The largest absolute Gasteiger partial charge is 0.497 e. The van der Waals surface area contributed by atoms with Gasteiger partial charge in [-0.3, -0.25) is 9.59 Å². The van der Waals surface area contributed by atoms with Gasteiger partial charge in [-0.25, -0.2) is 9.97 Å². The van der Waals surface area contributed by atoms with Gasteiger partial charge in [0.05, 0.1) is 19.5 Å². The highest BCUT2D eigenvalue weighted by Gasteiger charge is 2.20. The number of carbonyl (C=O) groups excluding carboxylic acids is 2.